The van der Waals surface area contributed by atoms with Gasteiger partial charge in [0, 0.05) is 17.3 Å². The van der Waals surface area contributed by atoms with Gasteiger partial charge in [0.15, 0.2) is 0 Å². The van der Waals surface area contributed by atoms with Crippen molar-refractivity contribution in [2.24, 2.45) is 0 Å². The molecule has 0 radical (unpaired) electrons. The summed E-state index contributed by atoms with van der Waals surface area (Å²) in [6.45, 7) is 6.92. The van der Waals surface area contributed by atoms with Crippen LogP contribution in [-0.2, 0) is 4.79 Å². The highest BCUT2D eigenvalue weighted by molar-refractivity contribution is 7.99. The number of hydrogen-bond acceptors (Lipinski definition) is 3. The summed E-state index contributed by atoms with van der Waals surface area (Å²) in [5.74, 6) is 1.32. The van der Waals surface area contributed by atoms with Gasteiger partial charge in [0.1, 0.15) is 0 Å². The Labute approximate surface area is 110 Å². The van der Waals surface area contributed by atoms with Crippen LogP contribution < -0.4 is 5.32 Å². The van der Waals surface area contributed by atoms with Gasteiger partial charge in [-0.2, -0.15) is 11.8 Å². The number of nitrogens with zero attached hydrogens (tertiary/aromatic N) is 1. The number of carbonyl (C=O) groups excluding carboxylic acids is 1. The second-order valence-corrected chi connectivity index (χ2v) is 6.62. The van der Waals surface area contributed by atoms with Gasteiger partial charge in [0.25, 0.3) is 0 Å². The van der Waals surface area contributed by atoms with Crippen molar-refractivity contribution in [3.05, 3.63) is 0 Å². The van der Waals surface area contributed by atoms with Crippen molar-refractivity contribution in [2.45, 2.75) is 57.4 Å². The minimum absolute atomic E-state index is 0.176. The number of likely N-dealkylation sites (N-methyl/N-ethyl adjacent to an activating group) is 1. The minimum Gasteiger partial charge on any atom is -0.351 e. The predicted molar refractivity (Wildman–Crippen MR) is 75.5 cm³/mol. The van der Waals surface area contributed by atoms with Crippen molar-refractivity contribution in [1.82, 2.24) is 10.2 Å². The number of amides is 1. The van der Waals surface area contributed by atoms with E-state index in [9.17, 15) is 4.79 Å². The number of thioether (sulfide) groups is 1. The third-order valence-electron chi connectivity index (χ3n) is 3.45. The predicted octanol–water partition coefficient (Wildman–Crippen LogP) is 2.12. The molecule has 0 spiro atoms. The van der Waals surface area contributed by atoms with Crippen LogP contribution in [0.4, 0.5) is 0 Å². The average molecular weight is 258 g/mol. The Morgan fingerprint density at radius 2 is 2.18 bits per heavy atom. The molecule has 17 heavy (non-hydrogen) atoms. The van der Waals surface area contributed by atoms with Gasteiger partial charge in [-0.15, -0.1) is 0 Å². The van der Waals surface area contributed by atoms with E-state index in [0.29, 0.717) is 23.9 Å². The molecule has 1 amide bonds. The van der Waals surface area contributed by atoms with Gasteiger partial charge in [0.2, 0.25) is 5.91 Å². The minimum atomic E-state index is 0.176. The molecule has 3 nitrogen and oxygen atoms in total. The highest BCUT2D eigenvalue weighted by Crippen LogP contribution is 2.29. The molecule has 1 N–H and O–H groups in total. The van der Waals surface area contributed by atoms with E-state index in [2.05, 4.69) is 31.0 Å². The normalized spacial score (nSPS) is 24.6. The Morgan fingerprint density at radius 1 is 1.47 bits per heavy atom. The second kappa shape index (κ2) is 7.27. The molecule has 1 saturated carbocycles. The zero-order chi connectivity index (χ0) is 12.8. The quantitative estimate of drug-likeness (QED) is 0.792. The molecular weight excluding hydrogens is 232 g/mol. The van der Waals surface area contributed by atoms with E-state index < -0.39 is 0 Å². The first-order valence-electron chi connectivity index (χ1n) is 6.65. The van der Waals surface area contributed by atoms with Crippen molar-refractivity contribution in [3.8, 4) is 0 Å². The Hall–Kier alpha value is -0.220. The molecule has 4 heteroatoms. The van der Waals surface area contributed by atoms with Crippen LogP contribution in [0.1, 0.15) is 40.0 Å². The standard InChI is InChI=1S/C13H26N2OS/c1-5-17-12-8-6-7-11(12)14-13(16)9-15(4)10(2)3/h10-12H,5-9H2,1-4H3,(H,14,16)/t11-,12+/m0/s1. The summed E-state index contributed by atoms with van der Waals surface area (Å²) < 4.78 is 0. The SMILES string of the molecule is CCS[C@@H]1CCC[C@@H]1NC(=O)CN(C)C(C)C. The first-order chi connectivity index (χ1) is 8.04. The van der Waals surface area contributed by atoms with Crippen LogP contribution in [-0.4, -0.2) is 47.5 Å². The molecule has 0 heterocycles. The third-order valence-corrected chi connectivity index (χ3v) is 4.78. The van der Waals surface area contributed by atoms with Gasteiger partial charge in [-0.25, -0.2) is 0 Å². The van der Waals surface area contributed by atoms with Crippen molar-refractivity contribution >= 4 is 17.7 Å². The Bertz CT molecular complexity index is 246. The molecule has 0 unspecified atom stereocenters. The first-order valence-corrected chi connectivity index (χ1v) is 7.70. The molecule has 0 aliphatic heterocycles. The summed E-state index contributed by atoms with van der Waals surface area (Å²) in [5, 5.41) is 3.83. The molecule has 100 valence electrons. The lowest BCUT2D eigenvalue weighted by Gasteiger charge is -2.24. The first kappa shape index (κ1) is 14.8. The molecule has 1 aliphatic rings. The third kappa shape index (κ3) is 4.88. The fraction of sp³-hybridized carbons (Fsp3) is 0.923. The number of rotatable bonds is 6. The van der Waals surface area contributed by atoms with Gasteiger partial charge in [-0.1, -0.05) is 13.3 Å². The van der Waals surface area contributed by atoms with Crippen LogP contribution in [0.25, 0.3) is 0 Å². The van der Waals surface area contributed by atoms with E-state index >= 15 is 0 Å². The van der Waals surface area contributed by atoms with E-state index in [1.807, 2.05) is 18.8 Å². The zero-order valence-electron chi connectivity index (χ0n) is 11.5. The van der Waals surface area contributed by atoms with Gasteiger partial charge >= 0.3 is 0 Å². The van der Waals surface area contributed by atoms with Crippen LogP contribution in [0.15, 0.2) is 0 Å². The summed E-state index contributed by atoms with van der Waals surface area (Å²) in [6.07, 6.45) is 3.65. The molecular formula is C13H26N2OS. The zero-order valence-corrected chi connectivity index (χ0v) is 12.3. The monoisotopic (exact) mass is 258 g/mol. The van der Waals surface area contributed by atoms with E-state index in [1.54, 1.807) is 0 Å². The van der Waals surface area contributed by atoms with Gasteiger partial charge in [-0.05, 0) is 39.5 Å². The Morgan fingerprint density at radius 3 is 2.76 bits per heavy atom. The maximum Gasteiger partial charge on any atom is 0.234 e. The lowest BCUT2D eigenvalue weighted by atomic mass is 10.2. The van der Waals surface area contributed by atoms with Crippen molar-refractivity contribution in [3.63, 3.8) is 0 Å². The summed E-state index contributed by atoms with van der Waals surface area (Å²) >= 11 is 1.99. The number of hydrogen-bond donors (Lipinski definition) is 1. The summed E-state index contributed by atoms with van der Waals surface area (Å²) in [7, 11) is 2.00. The topological polar surface area (TPSA) is 32.3 Å². The molecule has 2 atom stereocenters. The summed E-state index contributed by atoms with van der Waals surface area (Å²) in [6, 6.07) is 0.818. The highest BCUT2D eigenvalue weighted by atomic mass is 32.2. The molecule has 1 fully saturated rings. The molecule has 1 aliphatic carbocycles. The van der Waals surface area contributed by atoms with Gasteiger partial charge in [-0.3, -0.25) is 9.69 Å². The van der Waals surface area contributed by atoms with Crippen LogP contribution in [0.5, 0.6) is 0 Å². The fourth-order valence-corrected chi connectivity index (χ4v) is 3.36. The van der Waals surface area contributed by atoms with Crippen molar-refractivity contribution in [1.29, 1.82) is 0 Å². The lowest BCUT2D eigenvalue weighted by molar-refractivity contribution is -0.122. The van der Waals surface area contributed by atoms with Crippen molar-refractivity contribution in [2.75, 3.05) is 19.3 Å². The van der Waals surface area contributed by atoms with Crippen LogP contribution in [0.2, 0.25) is 0 Å². The van der Waals surface area contributed by atoms with E-state index in [4.69, 9.17) is 0 Å². The Kier molecular flexibility index (Phi) is 6.34. The summed E-state index contributed by atoms with van der Waals surface area (Å²) in [5.41, 5.74) is 0. The molecule has 0 aromatic heterocycles. The largest absolute Gasteiger partial charge is 0.351 e. The second-order valence-electron chi connectivity index (χ2n) is 5.11. The van der Waals surface area contributed by atoms with E-state index in [0.717, 1.165) is 12.2 Å². The molecule has 0 bridgehead atoms. The molecule has 0 aromatic carbocycles. The van der Waals surface area contributed by atoms with Gasteiger partial charge < -0.3 is 5.32 Å². The van der Waals surface area contributed by atoms with Crippen molar-refractivity contribution < 1.29 is 4.79 Å². The number of nitrogens with one attached hydrogen (secondary N) is 1. The van der Waals surface area contributed by atoms with Gasteiger partial charge in [0.05, 0.1) is 6.54 Å². The molecule has 0 saturated heterocycles. The maximum absolute atomic E-state index is 11.9. The van der Waals surface area contributed by atoms with E-state index in [-0.39, 0.29) is 5.91 Å². The average Bonchev–Trinajstić information content (AvgIpc) is 2.66. The smallest absolute Gasteiger partial charge is 0.234 e. The molecule has 0 aromatic rings. The van der Waals surface area contributed by atoms with Crippen LogP contribution in [0.3, 0.4) is 0 Å². The maximum atomic E-state index is 11.9. The Balaban J connectivity index is 2.34. The van der Waals surface area contributed by atoms with Crippen LogP contribution in [0, 0.1) is 0 Å². The summed E-state index contributed by atoms with van der Waals surface area (Å²) in [4.78, 5) is 14.0. The van der Waals surface area contributed by atoms with E-state index in [1.165, 1.54) is 12.8 Å². The lowest BCUT2D eigenvalue weighted by Crippen LogP contribution is -2.44. The fourth-order valence-electron chi connectivity index (χ4n) is 2.17. The highest BCUT2D eigenvalue weighted by Gasteiger charge is 2.28. The molecule has 1 rings (SSSR count). The van der Waals surface area contributed by atoms with Crippen LogP contribution >= 0.6 is 11.8 Å². The number of carbonyl (C=O) groups is 1.